The zero-order valence-corrected chi connectivity index (χ0v) is 17.8. The van der Waals surface area contributed by atoms with Gasteiger partial charge >= 0.3 is 0 Å². The summed E-state index contributed by atoms with van der Waals surface area (Å²) in [6.07, 6.45) is 0. The molecule has 0 aliphatic carbocycles. The summed E-state index contributed by atoms with van der Waals surface area (Å²) in [5, 5.41) is 10.4. The van der Waals surface area contributed by atoms with Gasteiger partial charge in [-0.1, -0.05) is 38.1 Å². The van der Waals surface area contributed by atoms with Crippen LogP contribution in [0.4, 0.5) is 0 Å². The van der Waals surface area contributed by atoms with Crippen molar-refractivity contribution in [1.29, 1.82) is 0 Å². The predicted octanol–water partition coefficient (Wildman–Crippen LogP) is 4.15. The van der Waals surface area contributed by atoms with Crippen LogP contribution in [0.1, 0.15) is 19.4 Å². The molecule has 3 rings (SSSR count). The maximum atomic E-state index is 12.4. The fourth-order valence-electron chi connectivity index (χ4n) is 2.22. The zero-order chi connectivity index (χ0) is 15.6. The maximum absolute atomic E-state index is 12.4. The van der Waals surface area contributed by atoms with Gasteiger partial charge in [-0.25, -0.2) is 4.98 Å². The van der Waals surface area contributed by atoms with E-state index in [4.69, 9.17) is 0 Å². The summed E-state index contributed by atoms with van der Waals surface area (Å²) < 4.78 is 1.54. The average molecular weight is 406 g/mol. The molecule has 0 bridgehead atoms. The van der Waals surface area contributed by atoms with Crippen molar-refractivity contribution in [2.45, 2.75) is 20.8 Å². The van der Waals surface area contributed by atoms with E-state index in [1.807, 2.05) is 45.0 Å². The third-order valence-corrected chi connectivity index (χ3v) is 4.15. The van der Waals surface area contributed by atoms with Crippen molar-refractivity contribution in [3.63, 3.8) is 0 Å². The number of nitrogens with zero attached hydrogens (tertiary/aromatic N) is 2. The van der Waals surface area contributed by atoms with Crippen LogP contribution in [-0.4, -0.2) is 14.7 Å². The molecule has 1 N–H and O–H groups in total. The number of aromatic hydroxyl groups is 1. The second-order valence-corrected chi connectivity index (χ2v) is 5.24. The Labute approximate surface area is 166 Å². The Balaban J connectivity index is 0.00000117. The zero-order valence-electron chi connectivity index (χ0n) is 14.1. The quantitative estimate of drug-likeness (QED) is 0.618. The van der Waals surface area contributed by atoms with Crippen LogP contribution < -0.4 is 5.56 Å². The Kier molecular flexibility index (Phi) is 8.89. The fraction of sp³-hybridized carbons (Fsp3) is 0.235. The van der Waals surface area contributed by atoms with Crippen molar-refractivity contribution in [2.75, 3.05) is 0 Å². The molecule has 3 aromatic rings. The van der Waals surface area contributed by atoms with E-state index in [9.17, 15) is 9.90 Å². The second-order valence-electron chi connectivity index (χ2n) is 4.41. The van der Waals surface area contributed by atoms with Gasteiger partial charge in [0.05, 0.1) is 11.1 Å². The van der Waals surface area contributed by atoms with Gasteiger partial charge in [-0.05, 0) is 18.1 Å². The smallest absolute Gasteiger partial charge is 0.263 e. The van der Waals surface area contributed by atoms with E-state index in [1.54, 1.807) is 12.6 Å². The van der Waals surface area contributed by atoms with Gasteiger partial charge in [-0.15, -0.1) is 11.3 Å². The summed E-state index contributed by atoms with van der Waals surface area (Å²) >= 11 is 1.34. The van der Waals surface area contributed by atoms with Gasteiger partial charge in [0.15, 0.2) is 5.75 Å². The van der Waals surface area contributed by atoms with E-state index in [0.717, 1.165) is 11.1 Å². The third kappa shape index (κ3) is 3.90. The first kappa shape index (κ1) is 22.0. The summed E-state index contributed by atoms with van der Waals surface area (Å²) in [6.45, 7) is 5.92. The number of aromatic nitrogens is 2. The van der Waals surface area contributed by atoms with Crippen LogP contribution in [0.15, 0.2) is 34.6 Å². The molecule has 4 nitrogen and oxygen atoms in total. The van der Waals surface area contributed by atoms with Crippen LogP contribution in [0.2, 0.25) is 0 Å². The van der Waals surface area contributed by atoms with Crippen LogP contribution in [0.5, 0.6) is 5.75 Å². The topological polar surface area (TPSA) is 55.1 Å². The molecule has 0 saturated heterocycles. The van der Waals surface area contributed by atoms with E-state index < -0.39 is 0 Å². The number of pyridine rings is 1. The van der Waals surface area contributed by atoms with E-state index in [2.05, 4.69) is 4.98 Å². The molecule has 1 aromatic carbocycles. The molecule has 0 fully saturated rings. The summed E-state index contributed by atoms with van der Waals surface area (Å²) in [5.41, 5.74) is 3.92. The van der Waals surface area contributed by atoms with Crippen LogP contribution in [0.3, 0.4) is 0 Å². The van der Waals surface area contributed by atoms with Gasteiger partial charge in [-0.2, -0.15) is 0 Å². The van der Waals surface area contributed by atoms with Crippen molar-refractivity contribution < 1.29 is 37.8 Å². The van der Waals surface area contributed by atoms with E-state index >= 15 is 0 Å². The molecular weight excluding hydrogens is 385 g/mol. The van der Waals surface area contributed by atoms with Crippen LogP contribution in [0.25, 0.3) is 21.5 Å². The van der Waals surface area contributed by atoms with Crippen molar-refractivity contribution in [3.05, 3.63) is 53.1 Å². The molecule has 0 spiro atoms. The molecule has 0 atom stereocenters. The molecule has 121 valence electrons. The monoisotopic (exact) mass is 406 g/mol. The van der Waals surface area contributed by atoms with Gasteiger partial charge in [0.1, 0.15) is 10.3 Å². The normalized spacial score (nSPS) is 9.39. The van der Waals surface area contributed by atoms with Crippen molar-refractivity contribution in [3.8, 4) is 16.9 Å². The Hall–Kier alpha value is -1.04. The summed E-state index contributed by atoms with van der Waals surface area (Å²) in [7, 11) is 1.70. The SMILES string of the molecule is CC.Cc1ccccc1-c1c(O)c2ncsc2n(C)c1=O.[CH3-].[Y]. The number of aryl methyl sites for hydroxylation is 2. The molecule has 0 amide bonds. The number of benzene rings is 1. The van der Waals surface area contributed by atoms with E-state index in [-0.39, 0.29) is 51.4 Å². The summed E-state index contributed by atoms with van der Waals surface area (Å²) in [4.78, 5) is 17.3. The number of hydrogen-bond donors (Lipinski definition) is 1. The average Bonchev–Trinajstić information content (AvgIpc) is 2.99. The minimum Gasteiger partial charge on any atom is -0.505 e. The van der Waals surface area contributed by atoms with Crippen LogP contribution in [0, 0.1) is 14.4 Å². The minimum absolute atomic E-state index is 0. The Morgan fingerprint density at radius 2 is 1.83 bits per heavy atom. The molecular formula is C17H21N2O2SY-. The molecule has 2 heterocycles. The van der Waals surface area contributed by atoms with E-state index in [1.165, 1.54) is 15.9 Å². The minimum atomic E-state index is -0.205. The van der Waals surface area contributed by atoms with Crippen molar-refractivity contribution in [2.24, 2.45) is 7.05 Å². The number of rotatable bonds is 1. The molecule has 6 heteroatoms. The fourth-order valence-corrected chi connectivity index (χ4v) is 2.98. The standard InChI is InChI=1S/C14H12N2O2S.C2H6.CH3.Y/c1-8-5-3-4-6-9(8)10-12(17)11-14(19-7-15-11)16(2)13(10)18;1-2;;/h3-7,17H,1-2H3;1-2H3;1H3;/q;;-1;. The van der Waals surface area contributed by atoms with Crippen LogP contribution >= 0.6 is 11.3 Å². The molecule has 23 heavy (non-hydrogen) atoms. The largest absolute Gasteiger partial charge is 0.505 e. The molecule has 0 aliphatic rings. The van der Waals surface area contributed by atoms with Gasteiger partial charge in [-0.3, -0.25) is 4.79 Å². The summed E-state index contributed by atoms with van der Waals surface area (Å²) in [5.74, 6) is -0.0337. The summed E-state index contributed by atoms with van der Waals surface area (Å²) in [6, 6.07) is 7.51. The van der Waals surface area contributed by atoms with Gasteiger partial charge in [0, 0.05) is 39.8 Å². The van der Waals surface area contributed by atoms with E-state index in [0.29, 0.717) is 15.9 Å². The first-order valence-corrected chi connectivity index (χ1v) is 7.70. The Morgan fingerprint density at radius 1 is 1.22 bits per heavy atom. The number of thiazole rings is 1. The van der Waals surface area contributed by atoms with Crippen molar-refractivity contribution in [1.82, 2.24) is 9.55 Å². The number of fused-ring (bicyclic) bond motifs is 1. The molecule has 1 radical (unpaired) electrons. The number of hydrogen-bond acceptors (Lipinski definition) is 4. The molecule has 0 aliphatic heterocycles. The molecule has 0 saturated carbocycles. The van der Waals surface area contributed by atoms with Crippen molar-refractivity contribution >= 4 is 21.7 Å². The van der Waals surface area contributed by atoms with Gasteiger partial charge in [0.2, 0.25) is 0 Å². The predicted molar refractivity (Wildman–Crippen MR) is 94.5 cm³/mol. The van der Waals surface area contributed by atoms with Gasteiger partial charge < -0.3 is 17.1 Å². The molecule has 0 unspecified atom stereocenters. The maximum Gasteiger partial charge on any atom is 0.263 e. The van der Waals surface area contributed by atoms with Crippen LogP contribution in [-0.2, 0) is 39.8 Å². The Morgan fingerprint density at radius 3 is 2.43 bits per heavy atom. The first-order valence-electron chi connectivity index (χ1n) is 6.82. The Bertz CT molecular complexity index is 840. The first-order chi connectivity index (χ1) is 10.1. The third-order valence-electron chi connectivity index (χ3n) is 3.25. The van der Waals surface area contributed by atoms with Gasteiger partial charge in [0.25, 0.3) is 5.56 Å². The molecule has 2 aromatic heterocycles. The second kappa shape index (κ2) is 9.31.